The van der Waals surface area contributed by atoms with Gasteiger partial charge >= 0.3 is 12.1 Å². The Morgan fingerprint density at radius 3 is 2.62 bits per heavy atom. The average Bonchev–Trinajstić information content (AvgIpc) is 2.60. The lowest BCUT2D eigenvalue weighted by Crippen LogP contribution is -2.40. The summed E-state index contributed by atoms with van der Waals surface area (Å²) in [6, 6.07) is 2.73. The van der Waals surface area contributed by atoms with Gasteiger partial charge in [-0.3, -0.25) is 10.1 Å². The van der Waals surface area contributed by atoms with E-state index in [0.29, 0.717) is 5.56 Å². The highest BCUT2D eigenvalue weighted by Gasteiger charge is 2.48. The maximum atomic E-state index is 13.2. The van der Waals surface area contributed by atoms with Gasteiger partial charge in [0.05, 0.1) is 10.5 Å². The molecule has 1 N–H and O–H groups in total. The summed E-state index contributed by atoms with van der Waals surface area (Å²) in [7, 11) is 0. The number of alkyl halides is 3. The number of nitro groups is 1. The number of aryl methyl sites for hydroxylation is 1. The Morgan fingerprint density at radius 1 is 1.41 bits per heavy atom. The SMILES string of the molecule is Cc1cc2c(cc1OC1(C)C=CC([N+](=O)[O-])=CC1)OC(C(F)(F)F)C(C(=O)O)=C2. The van der Waals surface area contributed by atoms with Crippen LogP contribution in [0.5, 0.6) is 11.5 Å². The number of hydrogen-bond donors (Lipinski definition) is 1. The first-order chi connectivity index (χ1) is 13.4. The number of aliphatic carboxylic acids is 1. The number of allylic oxidation sites excluding steroid dienone is 1. The number of carboxylic acids is 1. The number of benzene rings is 1. The molecule has 1 aromatic rings. The number of halogens is 3. The first-order valence-electron chi connectivity index (χ1n) is 8.45. The predicted molar refractivity (Wildman–Crippen MR) is 95.1 cm³/mol. The lowest BCUT2D eigenvalue weighted by molar-refractivity contribution is -0.419. The fraction of sp³-hybridized carbons (Fsp3) is 0.316. The minimum absolute atomic E-state index is 0.0732. The van der Waals surface area contributed by atoms with E-state index < -0.39 is 34.3 Å². The van der Waals surface area contributed by atoms with Crippen LogP contribution in [0.3, 0.4) is 0 Å². The van der Waals surface area contributed by atoms with Crippen LogP contribution in [0.4, 0.5) is 13.2 Å². The average molecular weight is 411 g/mol. The van der Waals surface area contributed by atoms with Crippen LogP contribution in [-0.2, 0) is 4.79 Å². The summed E-state index contributed by atoms with van der Waals surface area (Å²) in [5.74, 6) is -1.66. The highest BCUT2D eigenvalue weighted by atomic mass is 19.4. The summed E-state index contributed by atoms with van der Waals surface area (Å²) < 4.78 is 50.6. The van der Waals surface area contributed by atoms with Crippen LogP contribution in [0, 0.1) is 17.0 Å². The van der Waals surface area contributed by atoms with Gasteiger partial charge in [0, 0.05) is 24.1 Å². The normalized spacial score (nSPS) is 23.4. The number of carbonyl (C=O) groups is 1. The number of nitrogens with zero attached hydrogens (tertiary/aromatic N) is 1. The summed E-state index contributed by atoms with van der Waals surface area (Å²) in [6.07, 6.45) is -2.18. The number of carboxylic acid groups (broad SMARTS) is 1. The van der Waals surface area contributed by atoms with Gasteiger partial charge in [0.2, 0.25) is 6.10 Å². The maximum absolute atomic E-state index is 13.2. The zero-order chi connectivity index (χ0) is 21.6. The van der Waals surface area contributed by atoms with Crippen molar-refractivity contribution >= 4 is 12.0 Å². The summed E-state index contributed by atoms with van der Waals surface area (Å²) >= 11 is 0. The van der Waals surface area contributed by atoms with Gasteiger partial charge in [0.25, 0.3) is 5.70 Å². The van der Waals surface area contributed by atoms with E-state index in [1.54, 1.807) is 13.8 Å². The van der Waals surface area contributed by atoms with Crippen LogP contribution in [0.2, 0.25) is 0 Å². The van der Waals surface area contributed by atoms with Crippen LogP contribution < -0.4 is 9.47 Å². The predicted octanol–water partition coefficient (Wildman–Crippen LogP) is 4.04. The number of fused-ring (bicyclic) bond motifs is 1. The van der Waals surface area contributed by atoms with E-state index in [1.807, 2.05) is 0 Å². The largest absolute Gasteiger partial charge is 0.483 e. The summed E-state index contributed by atoms with van der Waals surface area (Å²) in [6.45, 7) is 3.32. The summed E-state index contributed by atoms with van der Waals surface area (Å²) in [5, 5.41) is 19.9. The molecule has 0 saturated carbocycles. The Balaban J connectivity index is 1.93. The molecule has 0 amide bonds. The highest BCUT2D eigenvalue weighted by molar-refractivity contribution is 5.95. The fourth-order valence-electron chi connectivity index (χ4n) is 3.03. The number of rotatable bonds is 4. The van der Waals surface area contributed by atoms with Crippen molar-refractivity contribution in [2.45, 2.75) is 38.1 Å². The van der Waals surface area contributed by atoms with Crippen LogP contribution in [0.25, 0.3) is 6.08 Å². The Kier molecular flexibility index (Phi) is 4.89. The van der Waals surface area contributed by atoms with Crippen molar-refractivity contribution in [2.75, 3.05) is 0 Å². The number of ether oxygens (including phenoxy) is 2. The Hall–Kier alpha value is -3.30. The van der Waals surface area contributed by atoms with Gasteiger partial charge in [0.15, 0.2) is 0 Å². The molecule has 2 aliphatic rings. The van der Waals surface area contributed by atoms with Crippen LogP contribution >= 0.6 is 0 Å². The van der Waals surface area contributed by atoms with E-state index in [2.05, 4.69) is 0 Å². The second kappa shape index (κ2) is 6.94. The van der Waals surface area contributed by atoms with Gasteiger partial charge in [-0.15, -0.1) is 0 Å². The molecule has 29 heavy (non-hydrogen) atoms. The molecule has 0 radical (unpaired) electrons. The maximum Gasteiger partial charge on any atom is 0.430 e. The molecule has 0 spiro atoms. The Morgan fingerprint density at radius 2 is 2.10 bits per heavy atom. The lowest BCUT2D eigenvalue weighted by Gasteiger charge is -2.31. The minimum atomic E-state index is -4.91. The van der Waals surface area contributed by atoms with Crippen LogP contribution in [-0.4, -0.2) is 33.9 Å². The molecule has 154 valence electrons. The van der Waals surface area contributed by atoms with Crippen molar-refractivity contribution in [3.63, 3.8) is 0 Å². The molecule has 1 aromatic carbocycles. The molecule has 3 rings (SSSR count). The molecule has 7 nitrogen and oxygen atoms in total. The van der Waals surface area contributed by atoms with E-state index in [-0.39, 0.29) is 29.2 Å². The molecule has 0 fully saturated rings. The molecule has 1 aliphatic carbocycles. The van der Waals surface area contributed by atoms with Crippen LogP contribution in [0.15, 0.2) is 41.6 Å². The topological polar surface area (TPSA) is 98.9 Å². The molecule has 1 aliphatic heterocycles. The van der Waals surface area contributed by atoms with E-state index in [9.17, 15) is 28.1 Å². The quantitative estimate of drug-likeness (QED) is 0.593. The van der Waals surface area contributed by atoms with Crippen molar-refractivity contribution in [2.24, 2.45) is 0 Å². The van der Waals surface area contributed by atoms with Gasteiger partial charge in [-0.2, -0.15) is 13.2 Å². The molecule has 0 aromatic heterocycles. The second-order valence-electron chi connectivity index (χ2n) is 6.94. The van der Waals surface area contributed by atoms with E-state index in [0.717, 1.165) is 6.08 Å². The minimum Gasteiger partial charge on any atom is -0.483 e. The van der Waals surface area contributed by atoms with Crippen molar-refractivity contribution in [3.05, 3.63) is 62.9 Å². The van der Waals surface area contributed by atoms with Crippen molar-refractivity contribution in [3.8, 4) is 11.5 Å². The molecule has 0 saturated heterocycles. The van der Waals surface area contributed by atoms with Crippen LogP contribution in [0.1, 0.15) is 24.5 Å². The van der Waals surface area contributed by atoms with Crippen molar-refractivity contribution in [1.29, 1.82) is 0 Å². The van der Waals surface area contributed by atoms with Gasteiger partial charge in [-0.05, 0) is 43.7 Å². The van der Waals surface area contributed by atoms with E-state index >= 15 is 0 Å². The van der Waals surface area contributed by atoms with Gasteiger partial charge < -0.3 is 14.6 Å². The summed E-state index contributed by atoms with van der Waals surface area (Å²) in [4.78, 5) is 21.5. The highest BCUT2D eigenvalue weighted by Crippen LogP contribution is 2.41. The zero-order valence-electron chi connectivity index (χ0n) is 15.3. The molecule has 2 unspecified atom stereocenters. The number of hydrogen-bond acceptors (Lipinski definition) is 5. The molecule has 10 heteroatoms. The van der Waals surface area contributed by atoms with Gasteiger partial charge in [-0.1, -0.05) is 0 Å². The monoisotopic (exact) mass is 411 g/mol. The molecular weight excluding hydrogens is 395 g/mol. The van der Waals surface area contributed by atoms with E-state index in [4.69, 9.17) is 14.6 Å². The summed E-state index contributed by atoms with van der Waals surface area (Å²) in [5.41, 5.74) is -1.20. The third kappa shape index (κ3) is 4.10. The third-order valence-corrected chi connectivity index (χ3v) is 4.57. The Labute approximate surface area is 162 Å². The van der Waals surface area contributed by atoms with Gasteiger partial charge in [0.1, 0.15) is 17.1 Å². The molecule has 2 atom stereocenters. The lowest BCUT2D eigenvalue weighted by atomic mass is 9.95. The Bertz CT molecular complexity index is 979. The smallest absolute Gasteiger partial charge is 0.430 e. The zero-order valence-corrected chi connectivity index (χ0v) is 15.3. The van der Waals surface area contributed by atoms with E-state index in [1.165, 1.54) is 30.4 Å². The molecular formula is C19H16F3NO6. The first-order valence-corrected chi connectivity index (χ1v) is 8.45. The third-order valence-electron chi connectivity index (χ3n) is 4.57. The standard InChI is InChI=1S/C19H16F3NO6/c1-10-7-11-8-13(17(24)25)16(19(20,21)22)28-15(11)9-14(10)29-18(2)5-3-12(4-6-18)23(26)27/h3-5,7-9,16H,6H2,1-2H3,(H,24,25). The van der Waals surface area contributed by atoms with Crippen molar-refractivity contribution in [1.82, 2.24) is 0 Å². The second-order valence-corrected chi connectivity index (χ2v) is 6.94. The van der Waals surface area contributed by atoms with Gasteiger partial charge in [-0.25, -0.2) is 4.79 Å². The fourth-order valence-corrected chi connectivity index (χ4v) is 3.03. The molecule has 0 bridgehead atoms. The first kappa shape index (κ1) is 20.4. The molecule has 1 heterocycles. The van der Waals surface area contributed by atoms with Crippen molar-refractivity contribution < 1.29 is 37.5 Å².